The van der Waals surface area contributed by atoms with Crippen LogP contribution in [0.1, 0.15) is 44.1 Å². The van der Waals surface area contributed by atoms with Crippen molar-refractivity contribution in [3.63, 3.8) is 0 Å². The fourth-order valence-electron chi connectivity index (χ4n) is 2.27. The minimum absolute atomic E-state index is 0.247. The van der Waals surface area contributed by atoms with Gasteiger partial charge in [-0.2, -0.15) is 0 Å². The largest absolute Gasteiger partial charge is 0.492 e. The molecule has 0 aliphatic rings. The second-order valence-electron chi connectivity index (χ2n) is 5.90. The van der Waals surface area contributed by atoms with Crippen molar-refractivity contribution in [1.82, 2.24) is 0 Å². The number of aryl methyl sites for hydroxylation is 1. The zero-order chi connectivity index (χ0) is 17.9. The summed E-state index contributed by atoms with van der Waals surface area (Å²) in [5, 5.41) is 0.602. The third-order valence-corrected chi connectivity index (χ3v) is 3.76. The maximum atomic E-state index is 10.7. The highest BCUT2D eigenvalue weighted by atomic mass is 35.5. The number of halogens is 1. The Bertz CT molecular complexity index is 552. The highest BCUT2D eigenvalue weighted by molar-refractivity contribution is 6.30. The van der Waals surface area contributed by atoms with E-state index in [9.17, 15) is 9.59 Å². The van der Waals surface area contributed by atoms with E-state index in [4.69, 9.17) is 33.5 Å². The third-order valence-electron chi connectivity index (χ3n) is 3.55. The predicted octanol–water partition coefficient (Wildman–Crippen LogP) is 1.90. The Balaban J connectivity index is 2.41. The first kappa shape index (κ1) is 20.3. The molecular formula is C17H26ClN3O3. The molecule has 0 saturated carbocycles. The molecule has 1 aromatic rings. The normalized spacial score (nSPS) is 11.9. The zero-order valence-electron chi connectivity index (χ0n) is 13.8. The number of primary amides is 2. The van der Waals surface area contributed by atoms with Crippen LogP contribution in [0.15, 0.2) is 18.2 Å². The Labute approximate surface area is 147 Å². The molecule has 0 bridgehead atoms. The SMILES string of the molecule is NC(=O)CCCCCc1cc(Cl)cc(OC[C@@H](N)CCC(N)=O)c1. The second-order valence-corrected chi connectivity index (χ2v) is 6.33. The number of nitrogens with two attached hydrogens (primary N) is 3. The fraction of sp³-hybridized carbons (Fsp3) is 0.529. The van der Waals surface area contributed by atoms with Gasteiger partial charge in [-0.3, -0.25) is 9.59 Å². The maximum absolute atomic E-state index is 10.7. The molecule has 6 N–H and O–H groups in total. The molecule has 1 aromatic carbocycles. The Kier molecular flexibility index (Phi) is 9.19. The first-order chi connectivity index (χ1) is 11.4. The molecule has 0 saturated heterocycles. The van der Waals surface area contributed by atoms with Gasteiger partial charge in [0.25, 0.3) is 0 Å². The molecule has 0 aliphatic carbocycles. The zero-order valence-corrected chi connectivity index (χ0v) is 14.6. The topological polar surface area (TPSA) is 121 Å². The average molecular weight is 356 g/mol. The van der Waals surface area contributed by atoms with E-state index in [1.165, 1.54) is 0 Å². The lowest BCUT2D eigenvalue weighted by Crippen LogP contribution is -2.29. The van der Waals surface area contributed by atoms with Crippen molar-refractivity contribution in [3.05, 3.63) is 28.8 Å². The van der Waals surface area contributed by atoms with Crippen LogP contribution in [0.2, 0.25) is 5.02 Å². The lowest BCUT2D eigenvalue weighted by molar-refractivity contribution is -0.119. The lowest BCUT2D eigenvalue weighted by atomic mass is 10.1. The van der Waals surface area contributed by atoms with Crippen molar-refractivity contribution in [2.75, 3.05) is 6.61 Å². The maximum Gasteiger partial charge on any atom is 0.217 e. The van der Waals surface area contributed by atoms with E-state index >= 15 is 0 Å². The Morgan fingerprint density at radius 1 is 1.04 bits per heavy atom. The van der Waals surface area contributed by atoms with Gasteiger partial charge in [-0.25, -0.2) is 0 Å². The first-order valence-corrected chi connectivity index (χ1v) is 8.49. The van der Waals surface area contributed by atoms with Crippen molar-refractivity contribution >= 4 is 23.4 Å². The third kappa shape index (κ3) is 9.37. The van der Waals surface area contributed by atoms with Crippen LogP contribution in [0.4, 0.5) is 0 Å². The van der Waals surface area contributed by atoms with Crippen molar-refractivity contribution in [2.24, 2.45) is 17.2 Å². The monoisotopic (exact) mass is 355 g/mol. The van der Waals surface area contributed by atoms with E-state index in [-0.39, 0.29) is 24.3 Å². The summed E-state index contributed by atoms with van der Waals surface area (Å²) in [4.78, 5) is 21.4. The number of hydrogen-bond donors (Lipinski definition) is 3. The highest BCUT2D eigenvalue weighted by Crippen LogP contribution is 2.23. The summed E-state index contributed by atoms with van der Waals surface area (Å²) in [7, 11) is 0. The van der Waals surface area contributed by atoms with Gasteiger partial charge in [-0.1, -0.05) is 18.0 Å². The van der Waals surface area contributed by atoms with E-state index in [1.54, 1.807) is 6.07 Å². The summed E-state index contributed by atoms with van der Waals surface area (Å²) in [5.74, 6) is 0.0251. The number of rotatable bonds is 12. The van der Waals surface area contributed by atoms with Gasteiger partial charge in [0, 0.05) is 23.9 Å². The first-order valence-electron chi connectivity index (χ1n) is 8.11. The van der Waals surface area contributed by atoms with Gasteiger partial charge in [-0.15, -0.1) is 0 Å². The molecule has 0 unspecified atom stereocenters. The van der Waals surface area contributed by atoms with Gasteiger partial charge >= 0.3 is 0 Å². The summed E-state index contributed by atoms with van der Waals surface area (Å²) < 4.78 is 5.66. The molecule has 2 amide bonds. The number of carbonyl (C=O) groups is 2. The summed E-state index contributed by atoms with van der Waals surface area (Å²) in [6.45, 7) is 0.297. The van der Waals surface area contributed by atoms with Gasteiger partial charge in [0.15, 0.2) is 0 Å². The average Bonchev–Trinajstić information content (AvgIpc) is 2.49. The van der Waals surface area contributed by atoms with Crippen molar-refractivity contribution in [1.29, 1.82) is 0 Å². The molecule has 134 valence electrons. The number of amides is 2. The number of ether oxygens (including phenoxy) is 1. The molecule has 0 fully saturated rings. The smallest absolute Gasteiger partial charge is 0.217 e. The van der Waals surface area contributed by atoms with Crippen molar-refractivity contribution in [2.45, 2.75) is 51.0 Å². The number of benzene rings is 1. The number of carbonyl (C=O) groups excluding carboxylic acids is 2. The van der Waals surface area contributed by atoms with Crippen LogP contribution < -0.4 is 21.9 Å². The van der Waals surface area contributed by atoms with Crippen LogP contribution in [0.5, 0.6) is 5.75 Å². The highest BCUT2D eigenvalue weighted by Gasteiger charge is 2.07. The fourth-order valence-corrected chi connectivity index (χ4v) is 2.52. The van der Waals surface area contributed by atoms with Gasteiger partial charge < -0.3 is 21.9 Å². The van der Waals surface area contributed by atoms with Gasteiger partial charge in [0.2, 0.25) is 11.8 Å². The molecular weight excluding hydrogens is 330 g/mol. The van der Waals surface area contributed by atoms with E-state index in [2.05, 4.69) is 0 Å². The molecule has 7 heteroatoms. The molecule has 0 aromatic heterocycles. The van der Waals surface area contributed by atoms with Crippen molar-refractivity contribution in [3.8, 4) is 5.75 Å². The number of hydrogen-bond acceptors (Lipinski definition) is 4. The van der Waals surface area contributed by atoms with E-state index < -0.39 is 0 Å². The molecule has 0 aliphatic heterocycles. The quantitative estimate of drug-likeness (QED) is 0.495. The Hall–Kier alpha value is -1.79. The second kappa shape index (κ2) is 10.9. The van der Waals surface area contributed by atoms with Crippen LogP contribution in [0, 0.1) is 0 Å². The van der Waals surface area contributed by atoms with Crippen LogP contribution in [-0.4, -0.2) is 24.5 Å². The molecule has 1 rings (SSSR count). The standard InChI is InChI=1S/C17H26ClN3O3/c18-13-8-12(4-2-1-3-5-16(20)22)9-15(10-13)24-11-14(19)6-7-17(21)23/h8-10,14H,1-7,11,19H2,(H2,20,22)(H2,21,23)/t14-/m0/s1. The number of unbranched alkanes of at least 4 members (excludes halogenated alkanes) is 2. The summed E-state index contributed by atoms with van der Waals surface area (Å²) >= 11 is 6.12. The Morgan fingerprint density at radius 2 is 1.75 bits per heavy atom. The van der Waals surface area contributed by atoms with Crippen LogP contribution in [0.3, 0.4) is 0 Å². The summed E-state index contributed by atoms with van der Waals surface area (Å²) in [6, 6.07) is 5.31. The molecule has 1 atom stereocenters. The van der Waals surface area contributed by atoms with Crippen molar-refractivity contribution < 1.29 is 14.3 Å². The molecule has 0 heterocycles. The van der Waals surface area contributed by atoms with E-state index in [0.29, 0.717) is 30.2 Å². The summed E-state index contributed by atoms with van der Waals surface area (Å²) in [5.41, 5.74) is 17.2. The minimum Gasteiger partial charge on any atom is -0.492 e. The predicted molar refractivity (Wildman–Crippen MR) is 94.7 cm³/mol. The Morgan fingerprint density at radius 3 is 2.42 bits per heavy atom. The van der Waals surface area contributed by atoms with E-state index in [1.807, 2.05) is 12.1 Å². The van der Waals surface area contributed by atoms with Gasteiger partial charge in [0.1, 0.15) is 12.4 Å². The van der Waals surface area contributed by atoms with Crippen LogP contribution >= 0.6 is 11.6 Å². The van der Waals surface area contributed by atoms with E-state index in [0.717, 1.165) is 31.2 Å². The van der Waals surface area contributed by atoms with Gasteiger partial charge in [0.05, 0.1) is 0 Å². The minimum atomic E-state index is -0.369. The van der Waals surface area contributed by atoms with Crippen LogP contribution in [0.25, 0.3) is 0 Å². The lowest BCUT2D eigenvalue weighted by Gasteiger charge is -2.13. The molecule has 6 nitrogen and oxygen atoms in total. The van der Waals surface area contributed by atoms with Gasteiger partial charge in [-0.05, 0) is 49.4 Å². The molecule has 0 radical (unpaired) electrons. The molecule has 0 spiro atoms. The summed E-state index contributed by atoms with van der Waals surface area (Å²) in [6.07, 6.45) is 4.69. The van der Waals surface area contributed by atoms with Crippen LogP contribution in [-0.2, 0) is 16.0 Å². The molecule has 24 heavy (non-hydrogen) atoms.